The van der Waals surface area contributed by atoms with E-state index in [2.05, 4.69) is 20.9 Å². The maximum atomic E-state index is 13.6. The molecule has 0 bridgehead atoms. The smallest absolute Gasteiger partial charge is 0.250 e. The van der Waals surface area contributed by atoms with Crippen molar-refractivity contribution in [2.45, 2.75) is 23.8 Å². The third-order valence-corrected chi connectivity index (χ3v) is 5.89. The van der Waals surface area contributed by atoms with Crippen molar-refractivity contribution in [2.75, 3.05) is 18.8 Å². The molecule has 6 heteroatoms. The SMILES string of the molecule is Fc1cccnc1O[C@@H]1CSC2(C1)CN(Cc1ccccn1)C2. The van der Waals surface area contributed by atoms with Crippen LogP contribution < -0.4 is 4.74 Å². The van der Waals surface area contributed by atoms with Gasteiger partial charge in [0.15, 0.2) is 5.82 Å². The molecule has 4 rings (SSSR count). The number of rotatable bonds is 4. The molecule has 0 amide bonds. The highest BCUT2D eigenvalue weighted by Crippen LogP contribution is 2.46. The van der Waals surface area contributed by atoms with E-state index in [9.17, 15) is 4.39 Å². The second kappa shape index (κ2) is 6.09. The number of nitrogens with zero attached hydrogens (tertiary/aromatic N) is 3. The molecule has 2 aliphatic rings. The van der Waals surface area contributed by atoms with Gasteiger partial charge in [0.1, 0.15) is 6.10 Å². The molecule has 2 aromatic rings. The number of halogens is 1. The first kappa shape index (κ1) is 14.9. The zero-order valence-corrected chi connectivity index (χ0v) is 13.5. The Hall–Kier alpha value is -1.66. The summed E-state index contributed by atoms with van der Waals surface area (Å²) < 4.78 is 19.6. The predicted molar refractivity (Wildman–Crippen MR) is 87.9 cm³/mol. The van der Waals surface area contributed by atoms with Crippen LogP contribution in [0.5, 0.6) is 5.88 Å². The predicted octanol–water partition coefficient (Wildman–Crippen LogP) is 2.75. The Kier molecular flexibility index (Phi) is 3.95. The lowest BCUT2D eigenvalue weighted by atomic mass is 9.93. The Morgan fingerprint density at radius 3 is 2.87 bits per heavy atom. The Balaban J connectivity index is 1.31. The average Bonchev–Trinajstić information content (AvgIpc) is 2.94. The van der Waals surface area contributed by atoms with Crippen molar-refractivity contribution >= 4 is 11.8 Å². The summed E-state index contributed by atoms with van der Waals surface area (Å²) in [5, 5.41) is 0. The van der Waals surface area contributed by atoms with Crippen LogP contribution in [0.2, 0.25) is 0 Å². The third kappa shape index (κ3) is 3.19. The second-order valence-corrected chi connectivity index (χ2v) is 7.68. The van der Waals surface area contributed by atoms with Gasteiger partial charge in [-0.15, -0.1) is 11.8 Å². The summed E-state index contributed by atoms with van der Waals surface area (Å²) in [6, 6.07) is 8.98. The van der Waals surface area contributed by atoms with Gasteiger partial charge in [-0.25, -0.2) is 9.37 Å². The van der Waals surface area contributed by atoms with E-state index in [4.69, 9.17) is 4.74 Å². The van der Waals surface area contributed by atoms with Crippen LogP contribution in [0.25, 0.3) is 0 Å². The molecule has 0 radical (unpaired) electrons. The minimum Gasteiger partial charge on any atom is -0.471 e. The van der Waals surface area contributed by atoms with Crippen LogP contribution in [0, 0.1) is 5.82 Å². The number of thioether (sulfide) groups is 1. The zero-order chi connectivity index (χ0) is 15.7. The molecule has 0 unspecified atom stereocenters. The number of ether oxygens (including phenoxy) is 1. The minimum atomic E-state index is -0.385. The first-order valence-corrected chi connectivity index (χ1v) is 8.74. The molecule has 0 saturated carbocycles. The molecule has 1 atom stereocenters. The van der Waals surface area contributed by atoms with Crippen molar-refractivity contribution in [1.82, 2.24) is 14.9 Å². The van der Waals surface area contributed by atoms with Crippen molar-refractivity contribution in [3.8, 4) is 5.88 Å². The third-order valence-electron chi connectivity index (χ3n) is 4.31. The van der Waals surface area contributed by atoms with Gasteiger partial charge in [-0.1, -0.05) is 6.07 Å². The largest absolute Gasteiger partial charge is 0.471 e. The molecule has 2 aliphatic heterocycles. The number of pyridine rings is 2. The molecule has 1 spiro atoms. The van der Waals surface area contributed by atoms with E-state index < -0.39 is 0 Å². The summed E-state index contributed by atoms with van der Waals surface area (Å²) in [5.74, 6) is 0.636. The van der Waals surface area contributed by atoms with Gasteiger partial charge in [-0.05, 0) is 24.3 Å². The van der Waals surface area contributed by atoms with Gasteiger partial charge < -0.3 is 4.74 Å². The number of aromatic nitrogens is 2. The van der Waals surface area contributed by atoms with Crippen LogP contribution in [-0.2, 0) is 6.54 Å². The van der Waals surface area contributed by atoms with E-state index in [0.717, 1.165) is 37.5 Å². The summed E-state index contributed by atoms with van der Waals surface area (Å²) in [7, 11) is 0. The maximum absolute atomic E-state index is 13.6. The maximum Gasteiger partial charge on any atom is 0.250 e. The van der Waals surface area contributed by atoms with Gasteiger partial charge >= 0.3 is 0 Å². The number of hydrogen-bond acceptors (Lipinski definition) is 5. The average molecular weight is 331 g/mol. The van der Waals surface area contributed by atoms with Gasteiger partial charge in [0.2, 0.25) is 0 Å². The molecule has 2 fully saturated rings. The zero-order valence-electron chi connectivity index (χ0n) is 12.7. The van der Waals surface area contributed by atoms with Crippen LogP contribution in [0.1, 0.15) is 12.1 Å². The molecule has 2 aromatic heterocycles. The molecule has 23 heavy (non-hydrogen) atoms. The van der Waals surface area contributed by atoms with Gasteiger partial charge in [0.05, 0.1) is 5.69 Å². The van der Waals surface area contributed by atoms with Crippen molar-refractivity contribution in [2.24, 2.45) is 0 Å². The highest BCUT2D eigenvalue weighted by Gasteiger charge is 2.49. The van der Waals surface area contributed by atoms with Crippen LogP contribution in [0.15, 0.2) is 42.7 Å². The first-order valence-electron chi connectivity index (χ1n) is 7.76. The first-order chi connectivity index (χ1) is 11.2. The molecule has 4 heterocycles. The van der Waals surface area contributed by atoms with Crippen LogP contribution in [0.4, 0.5) is 4.39 Å². The van der Waals surface area contributed by atoms with Gasteiger partial charge in [-0.2, -0.15) is 0 Å². The molecule has 0 N–H and O–H groups in total. The molecule has 120 valence electrons. The van der Waals surface area contributed by atoms with Gasteiger partial charge in [-0.3, -0.25) is 9.88 Å². The van der Waals surface area contributed by atoms with E-state index in [1.165, 1.54) is 6.07 Å². The summed E-state index contributed by atoms with van der Waals surface area (Å²) in [4.78, 5) is 10.8. The van der Waals surface area contributed by atoms with Crippen LogP contribution >= 0.6 is 11.8 Å². The Bertz CT molecular complexity index is 679. The Labute approximate surface area is 139 Å². The lowest BCUT2D eigenvalue weighted by molar-refractivity contribution is 0.0885. The van der Waals surface area contributed by atoms with E-state index in [-0.39, 0.29) is 22.5 Å². The highest BCUT2D eigenvalue weighted by atomic mass is 32.2. The number of likely N-dealkylation sites (tertiary alicyclic amines) is 1. The fourth-order valence-electron chi connectivity index (χ4n) is 3.32. The molecule has 4 nitrogen and oxygen atoms in total. The van der Waals surface area contributed by atoms with E-state index in [1.54, 1.807) is 12.3 Å². The van der Waals surface area contributed by atoms with E-state index >= 15 is 0 Å². The lowest BCUT2D eigenvalue weighted by Gasteiger charge is -2.47. The Morgan fingerprint density at radius 2 is 2.09 bits per heavy atom. The quantitative estimate of drug-likeness (QED) is 0.861. The second-order valence-electron chi connectivity index (χ2n) is 6.19. The van der Waals surface area contributed by atoms with Gasteiger partial charge in [0.25, 0.3) is 5.88 Å². The molecular formula is C17H18FN3OS. The molecular weight excluding hydrogens is 313 g/mol. The van der Waals surface area contributed by atoms with Crippen molar-refractivity contribution in [3.05, 3.63) is 54.2 Å². The fraction of sp³-hybridized carbons (Fsp3) is 0.412. The van der Waals surface area contributed by atoms with E-state index in [0.29, 0.717) is 0 Å². The van der Waals surface area contributed by atoms with Gasteiger partial charge in [0, 0.05) is 48.9 Å². The number of hydrogen-bond donors (Lipinski definition) is 0. The summed E-state index contributed by atoms with van der Waals surface area (Å²) in [5.41, 5.74) is 1.11. The fourth-order valence-corrected chi connectivity index (χ4v) is 4.89. The highest BCUT2D eigenvalue weighted by molar-refractivity contribution is 8.01. The van der Waals surface area contributed by atoms with Crippen molar-refractivity contribution in [1.29, 1.82) is 0 Å². The summed E-state index contributed by atoms with van der Waals surface area (Å²) in [6.45, 7) is 2.97. The summed E-state index contributed by atoms with van der Waals surface area (Å²) in [6.07, 6.45) is 4.39. The molecule has 0 aliphatic carbocycles. The van der Waals surface area contributed by atoms with Crippen LogP contribution in [-0.4, -0.2) is 44.6 Å². The van der Waals surface area contributed by atoms with E-state index in [1.807, 2.05) is 30.1 Å². The molecule has 0 aromatic carbocycles. The normalized spacial score (nSPS) is 22.9. The topological polar surface area (TPSA) is 38.2 Å². The monoisotopic (exact) mass is 331 g/mol. The standard InChI is InChI=1S/C17H18FN3OS/c18-15-5-3-7-20-16(15)22-14-8-17(23-10-14)11-21(12-17)9-13-4-1-2-6-19-13/h1-7,14H,8-12H2/t14-/m0/s1. The molecule has 2 saturated heterocycles. The van der Waals surface area contributed by atoms with Crippen molar-refractivity contribution < 1.29 is 9.13 Å². The minimum absolute atomic E-state index is 0.0430. The summed E-state index contributed by atoms with van der Waals surface area (Å²) >= 11 is 1.94. The van der Waals surface area contributed by atoms with Crippen molar-refractivity contribution in [3.63, 3.8) is 0 Å². The lowest BCUT2D eigenvalue weighted by Crippen LogP contribution is -2.58. The van der Waals surface area contributed by atoms with Crippen LogP contribution in [0.3, 0.4) is 0 Å². The Morgan fingerprint density at radius 1 is 1.22 bits per heavy atom.